The zero-order valence-corrected chi connectivity index (χ0v) is 25.4. The van der Waals surface area contributed by atoms with Crippen LogP contribution in [-0.4, -0.2) is 65.1 Å². The summed E-state index contributed by atoms with van der Waals surface area (Å²) in [6.07, 6.45) is 2.19. The number of halogens is 2. The molecular weight excluding hydrogens is 607 g/mol. The molecule has 10 nitrogen and oxygen atoms in total. The van der Waals surface area contributed by atoms with Gasteiger partial charge in [0.15, 0.2) is 6.29 Å². The van der Waals surface area contributed by atoms with Crippen LogP contribution in [0.3, 0.4) is 0 Å². The summed E-state index contributed by atoms with van der Waals surface area (Å²) in [5, 5.41) is 13.4. The third-order valence-corrected chi connectivity index (χ3v) is 8.17. The smallest absolute Gasteiger partial charge is 0.407 e. The summed E-state index contributed by atoms with van der Waals surface area (Å²) in [5.74, 6) is 0.574. The number of rotatable bonds is 10. The lowest BCUT2D eigenvalue weighted by Gasteiger charge is -2.23. The van der Waals surface area contributed by atoms with Gasteiger partial charge < -0.3 is 24.8 Å². The molecule has 1 aliphatic heterocycles. The fraction of sp³-hybridized carbons (Fsp3) is 0.219. The van der Waals surface area contributed by atoms with Gasteiger partial charge in [0.2, 0.25) is 11.8 Å². The van der Waals surface area contributed by atoms with Crippen LogP contribution in [-0.2, 0) is 11.3 Å². The van der Waals surface area contributed by atoms with Gasteiger partial charge in [-0.3, -0.25) is 14.6 Å². The van der Waals surface area contributed by atoms with Crippen LogP contribution in [0.1, 0.15) is 28.8 Å². The Bertz CT molecular complexity index is 1750. The standard InChI is InChI=1S/C32H28Cl2N4O6/c1-43-26-14-18(6-7-20(26)17-39)30-29(34)23(12-13-35-30)22-4-3-5-24(28(22)33)25-10-8-19(31(37-25)44-2)15-38(32(41)42)16-21-9-11-27(40)36-21/h3-8,10,12-14,17,21H,9,11,15-16H2,1-2H3,(H,36,40)(H,41,42)/t21-/m0/s1. The van der Waals surface area contributed by atoms with Gasteiger partial charge in [-0.25, -0.2) is 9.78 Å². The Balaban J connectivity index is 1.46. The highest BCUT2D eigenvalue weighted by Crippen LogP contribution is 2.42. The molecule has 0 saturated carbocycles. The molecule has 226 valence electrons. The summed E-state index contributed by atoms with van der Waals surface area (Å²) < 4.78 is 10.9. The van der Waals surface area contributed by atoms with Gasteiger partial charge in [-0.1, -0.05) is 47.5 Å². The molecule has 1 fully saturated rings. The zero-order chi connectivity index (χ0) is 31.4. The van der Waals surface area contributed by atoms with Crippen molar-refractivity contribution in [1.29, 1.82) is 0 Å². The summed E-state index contributed by atoms with van der Waals surface area (Å²) in [6, 6.07) is 15.6. The minimum absolute atomic E-state index is 0.0277. The van der Waals surface area contributed by atoms with E-state index in [1.54, 1.807) is 42.6 Å². The Morgan fingerprint density at radius 2 is 1.84 bits per heavy atom. The van der Waals surface area contributed by atoms with Gasteiger partial charge in [0, 0.05) is 53.0 Å². The van der Waals surface area contributed by atoms with Crippen LogP contribution < -0.4 is 14.8 Å². The van der Waals surface area contributed by atoms with Crippen LogP contribution in [0.4, 0.5) is 4.79 Å². The van der Waals surface area contributed by atoms with Crippen LogP contribution in [0.25, 0.3) is 33.6 Å². The number of benzene rings is 2. The second-order valence-corrected chi connectivity index (χ2v) is 10.8. The molecule has 2 amide bonds. The van der Waals surface area contributed by atoms with E-state index in [1.165, 1.54) is 19.1 Å². The van der Waals surface area contributed by atoms with E-state index < -0.39 is 6.09 Å². The molecule has 1 atom stereocenters. The van der Waals surface area contributed by atoms with Crippen LogP contribution in [0, 0.1) is 0 Å². The fourth-order valence-corrected chi connectivity index (χ4v) is 5.81. The molecule has 1 aliphatic rings. The maximum Gasteiger partial charge on any atom is 0.407 e. The minimum Gasteiger partial charge on any atom is -0.496 e. The average molecular weight is 636 g/mol. The molecule has 44 heavy (non-hydrogen) atoms. The molecule has 0 unspecified atom stereocenters. The van der Waals surface area contributed by atoms with Gasteiger partial charge >= 0.3 is 6.09 Å². The maximum atomic E-state index is 12.0. The zero-order valence-electron chi connectivity index (χ0n) is 23.8. The molecule has 2 N–H and O–H groups in total. The van der Waals surface area contributed by atoms with Gasteiger partial charge in [0.05, 0.1) is 47.8 Å². The lowest BCUT2D eigenvalue weighted by atomic mass is 9.99. The van der Waals surface area contributed by atoms with E-state index in [1.807, 2.05) is 18.2 Å². The highest BCUT2D eigenvalue weighted by molar-refractivity contribution is 6.39. The van der Waals surface area contributed by atoms with E-state index in [2.05, 4.69) is 15.3 Å². The van der Waals surface area contributed by atoms with Crippen molar-refractivity contribution in [3.63, 3.8) is 0 Å². The first-order valence-corrected chi connectivity index (χ1v) is 14.4. The molecule has 1 saturated heterocycles. The largest absolute Gasteiger partial charge is 0.496 e. The first kappa shape index (κ1) is 30.8. The predicted molar refractivity (Wildman–Crippen MR) is 166 cm³/mol. The Morgan fingerprint density at radius 1 is 1.07 bits per heavy atom. The van der Waals surface area contributed by atoms with E-state index >= 15 is 0 Å². The Labute approximate surface area is 263 Å². The van der Waals surface area contributed by atoms with E-state index in [0.717, 1.165) is 0 Å². The quantitative estimate of drug-likeness (QED) is 0.192. The number of ether oxygens (including phenoxy) is 2. The highest BCUT2D eigenvalue weighted by Gasteiger charge is 2.26. The molecule has 0 spiro atoms. The summed E-state index contributed by atoms with van der Waals surface area (Å²) >= 11 is 13.9. The fourth-order valence-electron chi connectivity index (χ4n) is 5.16. The average Bonchev–Trinajstić information content (AvgIpc) is 3.45. The molecular formula is C32H28Cl2N4O6. The van der Waals surface area contributed by atoms with Gasteiger partial charge in [0.25, 0.3) is 0 Å². The van der Waals surface area contributed by atoms with E-state index in [0.29, 0.717) is 79.7 Å². The summed E-state index contributed by atoms with van der Waals surface area (Å²) in [5.41, 5.74) is 4.55. The molecule has 12 heteroatoms. The number of amides is 2. The summed E-state index contributed by atoms with van der Waals surface area (Å²) in [4.78, 5) is 45.3. The second kappa shape index (κ2) is 13.3. The SMILES string of the molecule is COc1cc(-c2nccc(-c3cccc(-c4ccc(CN(C[C@@H]5CCC(=O)N5)C(=O)O)c(OC)n4)c3Cl)c2Cl)ccc1C=O. The van der Waals surface area contributed by atoms with Gasteiger partial charge in [-0.15, -0.1) is 0 Å². The van der Waals surface area contributed by atoms with Crippen molar-refractivity contribution in [3.8, 4) is 45.3 Å². The van der Waals surface area contributed by atoms with Crippen LogP contribution >= 0.6 is 23.2 Å². The number of carboxylic acid groups (broad SMARTS) is 1. The van der Waals surface area contributed by atoms with Gasteiger partial charge in [-0.2, -0.15) is 0 Å². The maximum absolute atomic E-state index is 12.0. The number of aldehydes is 1. The molecule has 0 aliphatic carbocycles. The number of nitrogens with one attached hydrogen (secondary N) is 1. The first-order valence-electron chi connectivity index (χ1n) is 13.6. The van der Waals surface area contributed by atoms with E-state index in [4.69, 9.17) is 32.7 Å². The first-order chi connectivity index (χ1) is 21.2. The van der Waals surface area contributed by atoms with Gasteiger partial charge in [0.1, 0.15) is 5.75 Å². The topological polar surface area (TPSA) is 131 Å². The molecule has 2 aromatic carbocycles. The molecule has 4 aromatic rings. The van der Waals surface area contributed by atoms with Crippen LogP contribution in [0.5, 0.6) is 11.6 Å². The number of carbonyl (C=O) groups excluding carboxylic acids is 2. The monoisotopic (exact) mass is 634 g/mol. The molecule has 0 bridgehead atoms. The summed E-state index contributed by atoms with van der Waals surface area (Å²) in [7, 11) is 2.95. The number of methoxy groups -OCH3 is 2. The van der Waals surface area contributed by atoms with Crippen molar-refractivity contribution in [3.05, 3.63) is 82.0 Å². The molecule has 0 radical (unpaired) electrons. The number of carbonyl (C=O) groups is 3. The summed E-state index contributed by atoms with van der Waals surface area (Å²) in [6.45, 7) is 0.183. The number of hydrogen-bond donors (Lipinski definition) is 2. The van der Waals surface area contributed by atoms with Crippen molar-refractivity contribution in [2.24, 2.45) is 0 Å². The Morgan fingerprint density at radius 3 is 2.52 bits per heavy atom. The number of hydrogen-bond acceptors (Lipinski definition) is 7. The lowest BCUT2D eigenvalue weighted by Crippen LogP contribution is -2.41. The predicted octanol–water partition coefficient (Wildman–Crippen LogP) is 6.37. The van der Waals surface area contributed by atoms with Crippen molar-refractivity contribution in [1.82, 2.24) is 20.2 Å². The van der Waals surface area contributed by atoms with Crippen molar-refractivity contribution in [2.75, 3.05) is 20.8 Å². The lowest BCUT2D eigenvalue weighted by molar-refractivity contribution is -0.119. The van der Waals surface area contributed by atoms with Crippen molar-refractivity contribution < 1.29 is 29.0 Å². The van der Waals surface area contributed by atoms with Crippen molar-refractivity contribution >= 4 is 41.5 Å². The molecule has 3 heterocycles. The van der Waals surface area contributed by atoms with E-state index in [-0.39, 0.29) is 30.9 Å². The van der Waals surface area contributed by atoms with Crippen LogP contribution in [0.15, 0.2) is 60.8 Å². The van der Waals surface area contributed by atoms with Crippen molar-refractivity contribution in [2.45, 2.75) is 25.4 Å². The Hall–Kier alpha value is -4.67. The number of pyridine rings is 2. The number of aromatic nitrogens is 2. The third kappa shape index (κ3) is 6.31. The number of nitrogens with zero attached hydrogens (tertiary/aromatic N) is 3. The normalized spacial score (nSPS) is 14.2. The molecule has 2 aromatic heterocycles. The van der Waals surface area contributed by atoms with Gasteiger partial charge in [-0.05, 0) is 36.8 Å². The highest BCUT2D eigenvalue weighted by atomic mass is 35.5. The van der Waals surface area contributed by atoms with E-state index in [9.17, 15) is 19.5 Å². The third-order valence-electron chi connectivity index (χ3n) is 7.38. The van der Waals surface area contributed by atoms with Crippen LogP contribution in [0.2, 0.25) is 10.0 Å². The minimum atomic E-state index is -1.11. The Kier molecular flexibility index (Phi) is 9.32. The molecule has 5 rings (SSSR count). The second-order valence-electron chi connectivity index (χ2n) is 10.1.